The lowest BCUT2D eigenvalue weighted by Crippen LogP contribution is -2.48. The molecule has 0 saturated carbocycles. The van der Waals surface area contributed by atoms with E-state index < -0.39 is 13.1 Å². The minimum Gasteiger partial charge on any atom is -0.496 e. The molecular weight excluding hydrogens is 395 g/mol. The van der Waals surface area contributed by atoms with E-state index in [1.54, 1.807) is 12.1 Å². The molecule has 2 atom stereocenters. The van der Waals surface area contributed by atoms with Crippen molar-refractivity contribution in [1.82, 2.24) is 10.3 Å². The van der Waals surface area contributed by atoms with Gasteiger partial charge in [0.15, 0.2) is 0 Å². The molecule has 9 heteroatoms. The summed E-state index contributed by atoms with van der Waals surface area (Å²) in [6, 6.07) is 15.4. The number of para-hydroxylation sites is 1. The summed E-state index contributed by atoms with van der Waals surface area (Å²) in [7, 11) is -0.0204. The Kier molecular flexibility index (Phi) is 8.03. The highest BCUT2D eigenvalue weighted by atomic mass is 16.5. The zero-order valence-electron chi connectivity index (χ0n) is 17.9. The van der Waals surface area contributed by atoms with E-state index in [1.807, 2.05) is 48.5 Å². The highest BCUT2D eigenvalue weighted by molar-refractivity contribution is 6.43. The van der Waals surface area contributed by atoms with E-state index >= 15 is 0 Å². The quantitative estimate of drug-likeness (QED) is 0.507. The highest BCUT2D eigenvalue weighted by Gasteiger charge is 2.27. The number of nitrogens with one attached hydrogen (secondary N) is 1. The summed E-state index contributed by atoms with van der Waals surface area (Å²) in [4.78, 5) is 12.4. The SMILES string of the molecule is CCc1cccc(CC(NC(=O)CCN2CC(c3ccccc3OC)N=N2)B(O)O)c1. The monoisotopic (exact) mass is 424 g/mol. The van der Waals surface area contributed by atoms with E-state index in [0.717, 1.165) is 23.3 Å². The van der Waals surface area contributed by atoms with Crippen molar-refractivity contribution in [3.05, 3.63) is 65.2 Å². The zero-order valence-corrected chi connectivity index (χ0v) is 17.9. The predicted molar refractivity (Wildman–Crippen MR) is 118 cm³/mol. The maximum atomic E-state index is 12.4. The molecule has 31 heavy (non-hydrogen) atoms. The fraction of sp³-hybridized carbons (Fsp3) is 0.409. The van der Waals surface area contributed by atoms with Gasteiger partial charge in [-0.05, 0) is 30.0 Å². The largest absolute Gasteiger partial charge is 0.496 e. The van der Waals surface area contributed by atoms with Crippen LogP contribution in [0.2, 0.25) is 0 Å². The lowest BCUT2D eigenvalue weighted by molar-refractivity contribution is -0.121. The number of hydrogen-bond donors (Lipinski definition) is 3. The number of hydrogen-bond acceptors (Lipinski definition) is 7. The van der Waals surface area contributed by atoms with Gasteiger partial charge >= 0.3 is 7.12 Å². The Hall–Kier alpha value is -2.91. The van der Waals surface area contributed by atoms with Gasteiger partial charge in [-0.1, -0.05) is 54.6 Å². The van der Waals surface area contributed by atoms with Gasteiger partial charge in [-0.3, -0.25) is 9.80 Å². The van der Waals surface area contributed by atoms with Crippen LogP contribution in [0.5, 0.6) is 5.75 Å². The van der Waals surface area contributed by atoms with Crippen molar-refractivity contribution in [2.45, 2.75) is 38.2 Å². The molecule has 0 fully saturated rings. The Morgan fingerprint density at radius 2 is 2.03 bits per heavy atom. The van der Waals surface area contributed by atoms with Crippen LogP contribution in [0.15, 0.2) is 58.9 Å². The van der Waals surface area contributed by atoms with Crippen molar-refractivity contribution in [2.24, 2.45) is 10.3 Å². The molecule has 2 aromatic carbocycles. The van der Waals surface area contributed by atoms with Crippen LogP contribution in [0.3, 0.4) is 0 Å². The first-order valence-electron chi connectivity index (χ1n) is 10.5. The second kappa shape index (κ2) is 10.9. The standard InChI is InChI=1S/C22H29BN4O4/c1-3-16-7-6-8-17(13-16)14-21(23(29)30)24-22(28)11-12-27-15-19(25-26-27)18-9-4-5-10-20(18)31-2/h4-10,13,19,21,29-30H,3,11-12,14-15H2,1-2H3,(H,24,28). The van der Waals surface area contributed by atoms with Crippen molar-refractivity contribution in [3.63, 3.8) is 0 Å². The number of rotatable bonds is 10. The third-order valence-corrected chi connectivity index (χ3v) is 5.36. The number of methoxy groups -OCH3 is 1. The molecule has 2 aromatic rings. The molecule has 1 aliphatic heterocycles. The van der Waals surface area contributed by atoms with Gasteiger partial charge in [-0.15, -0.1) is 0 Å². The molecular formula is C22H29BN4O4. The molecule has 0 bridgehead atoms. The third-order valence-electron chi connectivity index (χ3n) is 5.36. The molecule has 2 unspecified atom stereocenters. The second-order valence-corrected chi connectivity index (χ2v) is 7.59. The number of ether oxygens (including phenoxy) is 1. The van der Waals surface area contributed by atoms with Gasteiger partial charge in [0.25, 0.3) is 0 Å². The van der Waals surface area contributed by atoms with Crippen LogP contribution in [-0.4, -0.2) is 54.2 Å². The number of nitrogens with zero attached hydrogens (tertiary/aromatic N) is 3. The van der Waals surface area contributed by atoms with Crippen LogP contribution in [0.1, 0.15) is 36.1 Å². The zero-order chi connectivity index (χ0) is 22.2. The molecule has 8 nitrogen and oxygen atoms in total. The van der Waals surface area contributed by atoms with Crippen molar-refractivity contribution in [1.29, 1.82) is 0 Å². The van der Waals surface area contributed by atoms with Gasteiger partial charge in [0.2, 0.25) is 5.91 Å². The number of amides is 1. The molecule has 1 aliphatic rings. The van der Waals surface area contributed by atoms with E-state index in [4.69, 9.17) is 4.74 Å². The van der Waals surface area contributed by atoms with E-state index in [2.05, 4.69) is 22.6 Å². The smallest absolute Gasteiger partial charge is 0.475 e. The van der Waals surface area contributed by atoms with Gasteiger partial charge in [-0.2, -0.15) is 5.11 Å². The maximum absolute atomic E-state index is 12.4. The lowest BCUT2D eigenvalue weighted by atomic mass is 9.75. The molecule has 0 aliphatic carbocycles. The average Bonchev–Trinajstić information content (AvgIpc) is 3.26. The molecule has 0 radical (unpaired) electrons. The fourth-order valence-electron chi connectivity index (χ4n) is 3.62. The fourth-order valence-corrected chi connectivity index (χ4v) is 3.62. The third kappa shape index (κ3) is 6.29. The molecule has 0 aromatic heterocycles. The Bertz CT molecular complexity index is 909. The van der Waals surface area contributed by atoms with Crippen LogP contribution in [0.4, 0.5) is 0 Å². The van der Waals surface area contributed by atoms with Gasteiger partial charge in [-0.25, -0.2) is 0 Å². The van der Waals surface area contributed by atoms with Crippen molar-refractivity contribution in [3.8, 4) is 5.75 Å². The Morgan fingerprint density at radius 3 is 2.77 bits per heavy atom. The van der Waals surface area contributed by atoms with Crippen molar-refractivity contribution < 1.29 is 19.6 Å². The molecule has 0 saturated heterocycles. The van der Waals surface area contributed by atoms with E-state index in [9.17, 15) is 14.8 Å². The van der Waals surface area contributed by atoms with Crippen LogP contribution in [-0.2, 0) is 17.6 Å². The maximum Gasteiger partial charge on any atom is 0.475 e. The molecule has 3 N–H and O–H groups in total. The van der Waals surface area contributed by atoms with Gasteiger partial charge in [0.1, 0.15) is 11.8 Å². The second-order valence-electron chi connectivity index (χ2n) is 7.59. The average molecular weight is 424 g/mol. The number of benzene rings is 2. The van der Waals surface area contributed by atoms with E-state index in [-0.39, 0.29) is 18.4 Å². The van der Waals surface area contributed by atoms with Gasteiger partial charge < -0.3 is 20.1 Å². The first-order chi connectivity index (χ1) is 15.0. The first kappa shape index (κ1) is 22.8. The van der Waals surface area contributed by atoms with Crippen LogP contribution in [0.25, 0.3) is 0 Å². The normalized spacial score (nSPS) is 16.3. The van der Waals surface area contributed by atoms with Gasteiger partial charge in [0.05, 0.1) is 19.6 Å². The minimum absolute atomic E-state index is 0.142. The van der Waals surface area contributed by atoms with E-state index in [0.29, 0.717) is 19.5 Å². The summed E-state index contributed by atoms with van der Waals surface area (Å²) >= 11 is 0. The van der Waals surface area contributed by atoms with E-state index in [1.165, 1.54) is 5.56 Å². The summed E-state index contributed by atoms with van der Waals surface area (Å²) in [6.07, 6.45) is 1.42. The molecule has 0 spiro atoms. The number of aryl methyl sites for hydroxylation is 1. The van der Waals surface area contributed by atoms with Crippen LogP contribution in [0, 0.1) is 0 Å². The molecule has 164 valence electrons. The number of carbonyl (C=O) groups is 1. The molecule has 1 heterocycles. The number of carbonyl (C=O) groups excluding carboxylic acids is 1. The van der Waals surface area contributed by atoms with Crippen molar-refractivity contribution in [2.75, 3.05) is 20.2 Å². The first-order valence-corrected chi connectivity index (χ1v) is 10.5. The summed E-state index contributed by atoms with van der Waals surface area (Å²) in [6.45, 7) is 3.01. The molecule has 1 amide bonds. The molecule has 3 rings (SSSR count). The van der Waals surface area contributed by atoms with Crippen LogP contribution >= 0.6 is 0 Å². The Morgan fingerprint density at radius 1 is 1.26 bits per heavy atom. The predicted octanol–water partition coefficient (Wildman–Crippen LogP) is 2.11. The lowest BCUT2D eigenvalue weighted by Gasteiger charge is -2.19. The summed E-state index contributed by atoms with van der Waals surface area (Å²) in [5.41, 5.74) is 3.07. The Balaban J connectivity index is 1.50. The summed E-state index contributed by atoms with van der Waals surface area (Å²) < 4.78 is 5.39. The highest BCUT2D eigenvalue weighted by Crippen LogP contribution is 2.31. The minimum atomic E-state index is -1.64. The summed E-state index contributed by atoms with van der Waals surface area (Å²) in [5, 5.41) is 32.4. The van der Waals surface area contributed by atoms with Crippen LogP contribution < -0.4 is 10.1 Å². The Labute approximate surface area is 183 Å². The van der Waals surface area contributed by atoms with Gasteiger partial charge in [0, 0.05) is 18.5 Å². The van der Waals surface area contributed by atoms with Crippen molar-refractivity contribution >= 4 is 13.0 Å². The topological polar surface area (TPSA) is 107 Å². The summed E-state index contributed by atoms with van der Waals surface area (Å²) in [5.74, 6) is -0.278.